The second-order valence-corrected chi connectivity index (χ2v) is 5.68. The number of aromatic carboxylic acids is 1. The topological polar surface area (TPSA) is 119 Å². The highest BCUT2D eigenvalue weighted by molar-refractivity contribution is 7.80. The third-order valence-corrected chi connectivity index (χ3v) is 3.72. The van der Waals surface area contributed by atoms with Crippen LogP contribution in [0.4, 0.5) is 10.5 Å². The number of benzene rings is 1. The van der Waals surface area contributed by atoms with Crippen molar-refractivity contribution in [2.45, 2.75) is 6.92 Å². The molecule has 0 saturated heterocycles. The van der Waals surface area contributed by atoms with Crippen molar-refractivity contribution in [3.63, 3.8) is 0 Å². The predicted molar refractivity (Wildman–Crippen MR) is 109 cm³/mol. The van der Waals surface area contributed by atoms with Crippen LogP contribution < -0.4 is 20.6 Å². The van der Waals surface area contributed by atoms with Gasteiger partial charge >= 0.3 is 12.0 Å². The lowest BCUT2D eigenvalue weighted by atomic mass is 10.2. The largest absolute Gasteiger partial charge is 0.478 e. The number of hydrogen-bond donors (Lipinski definition) is 5. The van der Waals surface area contributed by atoms with Crippen molar-refractivity contribution in [1.82, 2.24) is 20.6 Å². The molecule has 0 radical (unpaired) electrons. The van der Waals surface area contributed by atoms with Gasteiger partial charge in [-0.25, -0.2) is 20.0 Å². The van der Waals surface area contributed by atoms with E-state index in [9.17, 15) is 9.59 Å². The molecule has 0 atom stereocenters. The number of urea groups is 1. The fraction of sp³-hybridized carbons (Fsp3) is 0.0625. The molecule has 0 aliphatic rings. The van der Waals surface area contributed by atoms with Gasteiger partial charge in [0.15, 0.2) is 0 Å². The van der Waals surface area contributed by atoms with E-state index in [1.165, 1.54) is 29.3 Å². The number of carboxylic acids is 1. The van der Waals surface area contributed by atoms with E-state index >= 15 is 0 Å². The zero-order valence-corrected chi connectivity index (χ0v) is 15.8. The van der Waals surface area contributed by atoms with Gasteiger partial charge in [0.2, 0.25) is 5.11 Å². The molecular weight excluding hydrogens is 388 g/mol. The smallest absolute Gasteiger partial charge is 0.343 e. The standard InChI is InChI=1S/C16H16N6O3S2/c1-10(13-4-2-3-9-17-13)18-19-16(26)22(20-15(25)21-27)12-7-5-11(6-8-12)14(23)24/h2-9,27H,1H3,(H,19,26)(H,23,24)(H2,20,21,25). The van der Waals surface area contributed by atoms with E-state index in [-0.39, 0.29) is 10.7 Å². The number of anilines is 1. The molecular formula is C16H16N6O3S2. The summed E-state index contributed by atoms with van der Waals surface area (Å²) in [4.78, 5) is 26.8. The van der Waals surface area contributed by atoms with Crippen LogP contribution in [0.15, 0.2) is 53.8 Å². The summed E-state index contributed by atoms with van der Waals surface area (Å²) in [5.41, 5.74) is 6.89. The minimum absolute atomic E-state index is 0.0466. The second kappa shape index (κ2) is 9.50. The number of aromatic nitrogens is 1. The highest BCUT2D eigenvalue weighted by Gasteiger charge is 2.16. The number of amides is 2. The summed E-state index contributed by atoms with van der Waals surface area (Å²) < 4.78 is 2.12. The number of hydrazone groups is 1. The Kier molecular flexibility index (Phi) is 7.08. The molecule has 0 aliphatic heterocycles. The molecule has 9 nitrogen and oxygen atoms in total. The molecule has 1 heterocycles. The second-order valence-electron chi connectivity index (χ2n) is 5.07. The summed E-state index contributed by atoms with van der Waals surface area (Å²) in [5.74, 6) is -1.06. The highest BCUT2D eigenvalue weighted by atomic mass is 32.1. The molecule has 4 N–H and O–H groups in total. The van der Waals surface area contributed by atoms with Crippen LogP contribution in [0.2, 0.25) is 0 Å². The maximum absolute atomic E-state index is 11.7. The van der Waals surface area contributed by atoms with Crippen molar-refractivity contribution in [2.75, 3.05) is 5.01 Å². The zero-order valence-electron chi connectivity index (χ0n) is 14.1. The Hall–Kier alpha value is -3.18. The molecule has 0 fully saturated rings. The number of carbonyl (C=O) groups excluding carboxylic acids is 1. The number of nitrogens with zero attached hydrogens (tertiary/aromatic N) is 3. The maximum atomic E-state index is 11.7. The van der Waals surface area contributed by atoms with E-state index in [2.05, 4.69) is 38.5 Å². The number of carboxylic acid groups (broad SMARTS) is 1. The molecule has 2 amide bonds. The Morgan fingerprint density at radius 3 is 2.48 bits per heavy atom. The summed E-state index contributed by atoms with van der Waals surface area (Å²) in [6, 6.07) is 10.5. The first-order valence-electron chi connectivity index (χ1n) is 7.52. The Bertz CT molecular complexity index is 858. The predicted octanol–water partition coefficient (Wildman–Crippen LogP) is 1.94. The lowest BCUT2D eigenvalue weighted by Gasteiger charge is -2.24. The first-order valence-corrected chi connectivity index (χ1v) is 8.37. The van der Waals surface area contributed by atoms with Crippen LogP contribution in [0.3, 0.4) is 0 Å². The molecule has 1 aromatic heterocycles. The van der Waals surface area contributed by atoms with Crippen LogP contribution in [0.5, 0.6) is 0 Å². The van der Waals surface area contributed by atoms with Gasteiger partial charge in [-0.1, -0.05) is 18.9 Å². The average molecular weight is 404 g/mol. The number of rotatable bonds is 4. The quantitative estimate of drug-likeness (QED) is 0.229. The zero-order chi connectivity index (χ0) is 19.8. The van der Waals surface area contributed by atoms with E-state index < -0.39 is 12.0 Å². The monoisotopic (exact) mass is 404 g/mol. The van der Waals surface area contributed by atoms with Crippen LogP contribution in [-0.4, -0.2) is 32.9 Å². The summed E-state index contributed by atoms with van der Waals surface area (Å²) in [7, 11) is 0. The average Bonchev–Trinajstić information content (AvgIpc) is 2.70. The van der Waals surface area contributed by atoms with Crippen molar-refractivity contribution >= 4 is 53.5 Å². The van der Waals surface area contributed by atoms with Crippen molar-refractivity contribution in [3.05, 3.63) is 59.9 Å². The van der Waals surface area contributed by atoms with E-state index in [1.54, 1.807) is 25.3 Å². The number of carbonyl (C=O) groups is 2. The number of thiocarbonyl (C=S) groups is 1. The summed E-state index contributed by atoms with van der Waals surface area (Å²) >= 11 is 8.96. The summed E-state index contributed by atoms with van der Waals surface area (Å²) in [5, 5.41) is 14.4. The highest BCUT2D eigenvalue weighted by Crippen LogP contribution is 2.14. The van der Waals surface area contributed by atoms with Crippen LogP contribution in [0.1, 0.15) is 23.0 Å². The molecule has 140 valence electrons. The first-order chi connectivity index (χ1) is 12.9. The van der Waals surface area contributed by atoms with Crippen LogP contribution >= 0.6 is 25.0 Å². The van der Waals surface area contributed by atoms with Crippen molar-refractivity contribution < 1.29 is 14.7 Å². The van der Waals surface area contributed by atoms with Crippen LogP contribution in [0.25, 0.3) is 0 Å². The molecule has 1 aromatic carbocycles. The minimum atomic E-state index is -1.06. The number of nitrogens with one attached hydrogen (secondary N) is 3. The first kappa shape index (κ1) is 20.1. The maximum Gasteiger partial charge on any atom is 0.343 e. The van der Waals surface area contributed by atoms with Gasteiger partial charge in [0.25, 0.3) is 0 Å². The van der Waals surface area contributed by atoms with E-state index in [0.29, 0.717) is 17.1 Å². The summed E-state index contributed by atoms with van der Waals surface area (Å²) in [6.45, 7) is 1.75. The lowest BCUT2D eigenvalue weighted by Crippen LogP contribution is -2.51. The minimum Gasteiger partial charge on any atom is -0.478 e. The van der Waals surface area contributed by atoms with Crippen molar-refractivity contribution in [1.29, 1.82) is 0 Å². The molecule has 0 unspecified atom stereocenters. The Balaban J connectivity index is 2.21. The lowest BCUT2D eigenvalue weighted by molar-refractivity contribution is 0.0697. The Morgan fingerprint density at radius 1 is 1.22 bits per heavy atom. The van der Waals surface area contributed by atoms with Crippen molar-refractivity contribution in [2.24, 2.45) is 5.10 Å². The van der Waals surface area contributed by atoms with Gasteiger partial charge in [-0.05, 0) is 55.5 Å². The van der Waals surface area contributed by atoms with E-state index in [1.807, 2.05) is 6.07 Å². The van der Waals surface area contributed by atoms with Gasteiger partial charge in [0.05, 0.1) is 22.7 Å². The molecule has 11 heteroatoms. The number of hydrogen-bond acceptors (Lipinski definition) is 6. The number of hydrazine groups is 1. The number of thiol groups is 1. The van der Waals surface area contributed by atoms with Crippen molar-refractivity contribution in [3.8, 4) is 0 Å². The molecule has 2 rings (SSSR count). The number of pyridine rings is 1. The molecule has 0 spiro atoms. The third kappa shape index (κ3) is 5.66. The molecule has 0 bridgehead atoms. The fourth-order valence-electron chi connectivity index (χ4n) is 1.93. The Labute approximate surface area is 166 Å². The van der Waals surface area contributed by atoms with Gasteiger partial charge in [-0.2, -0.15) is 5.10 Å². The molecule has 27 heavy (non-hydrogen) atoms. The Morgan fingerprint density at radius 2 is 1.93 bits per heavy atom. The van der Waals surface area contributed by atoms with Crippen LogP contribution in [0, 0.1) is 0 Å². The van der Waals surface area contributed by atoms with E-state index in [4.69, 9.17) is 17.3 Å². The van der Waals surface area contributed by atoms with Gasteiger partial charge in [-0.3, -0.25) is 15.1 Å². The molecule has 0 saturated carbocycles. The SMILES string of the molecule is CC(=NNC(=S)N(NC(=O)NS)c1ccc(C(=O)O)cc1)c1ccccn1. The van der Waals surface area contributed by atoms with E-state index in [0.717, 1.165) is 0 Å². The van der Waals surface area contributed by atoms with Crippen LogP contribution in [-0.2, 0) is 0 Å². The fourth-order valence-corrected chi connectivity index (χ4v) is 2.17. The molecule has 2 aromatic rings. The normalized spacial score (nSPS) is 10.7. The van der Waals surface area contributed by atoms with Gasteiger partial charge in [-0.15, -0.1) is 0 Å². The summed E-state index contributed by atoms with van der Waals surface area (Å²) in [6.07, 6.45) is 1.64. The van der Waals surface area contributed by atoms with Gasteiger partial charge in [0, 0.05) is 6.20 Å². The van der Waals surface area contributed by atoms with Gasteiger partial charge < -0.3 is 5.11 Å². The molecule has 0 aliphatic carbocycles. The third-order valence-electron chi connectivity index (χ3n) is 3.25. The van der Waals surface area contributed by atoms with Gasteiger partial charge in [0.1, 0.15) is 0 Å².